The van der Waals surface area contributed by atoms with Gasteiger partial charge in [0.1, 0.15) is 0 Å². The standard InChI is InChI=1S/C67H53N.C62H50N2/c1-66(2)60-25-12-23-53(46-30-33-59-57(39-46)55-20-9-10-24-58(55)67(59)47-35-41-34-42(37-47)38-48(67)36-41)64(60)65-61(66)26-13-27-62(65)68(63-40-45-15-4-6-18-52(45)54-19-7-8-21-56(54)63)49-31-28-44(29-32-49)51-22-11-16-43-14-3-5-17-50(43)51;1-61(2)57-16-9-17-58(64(49-27-22-44(23-28-49)42-10-4-3-5-11-42)50-29-24-45(25-30-50)43-20-18-39(38-63)19-21-43)59(57)53-14-8-13-51(60(53)61)46-26-31-56-54(37-46)52-12-6-7-15-55(52)62(56)47-33-40-32-41(35-47)36-48(62)34-40/h3-33,39-42,47-48H,34-38H2,1-2H3;3-31,37,40-41,47-48H,32-36H2,1-2H3. The molecule has 3 heteroatoms. The molecule has 3 nitrogen and oxygen atoms in total. The summed E-state index contributed by atoms with van der Waals surface area (Å²) in [4.78, 5) is 5.03. The number of hydrogen-bond acceptors (Lipinski definition) is 3. The van der Waals surface area contributed by atoms with Gasteiger partial charge in [-0.15, -0.1) is 0 Å². The number of anilines is 6. The van der Waals surface area contributed by atoms with Crippen LogP contribution in [-0.4, -0.2) is 0 Å². The number of nitriles is 1. The maximum atomic E-state index is 9.42. The van der Waals surface area contributed by atoms with Gasteiger partial charge in [-0.05, 0) is 351 Å². The zero-order valence-corrected chi connectivity index (χ0v) is 75.4. The summed E-state index contributed by atoms with van der Waals surface area (Å²) in [7, 11) is 0. The predicted octanol–water partition coefficient (Wildman–Crippen LogP) is 34.0. The van der Waals surface area contributed by atoms with Crippen LogP contribution in [0.4, 0.5) is 34.1 Å². The highest BCUT2D eigenvalue weighted by molar-refractivity contribution is 6.16. The van der Waals surface area contributed by atoms with E-state index in [-0.39, 0.29) is 21.7 Å². The third kappa shape index (κ3) is 11.4. The average molecular weight is 1700 g/mol. The molecule has 132 heavy (non-hydrogen) atoms. The Morgan fingerprint density at radius 3 is 1.19 bits per heavy atom. The molecule has 30 rings (SSSR count). The van der Waals surface area contributed by atoms with Gasteiger partial charge in [-0.3, -0.25) is 0 Å². The van der Waals surface area contributed by atoms with Crippen molar-refractivity contribution >= 4 is 66.4 Å². The monoisotopic (exact) mass is 1690 g/mol. The van der Waals surface area contributed by atoms with E-state index in [9.17, 15) is 5.26 Å². The normalized spacial score (nSPS) is 22.3. The van der Waals surface area contributed by atoms with E-state index in [0.29, 0.717) is 5.56 Å². The smallest absolute Gasteiger partial charge is 0.0991 e. The fourth-order valence-electron chi connectivity index (χ4n) is 29.5. The van der Waals surface area contributed by atoms with Crippen molar-refractivity contribution in [3.63, 3.8) is 0 Å². The Morgan fingerprint density at radius 1 is 0.235 bits per heavy atom. The lowest BCUT2D eigenvalue weighted by Crippen LogP contribution is -2.55. The summed E-state index contributed by atoms with van der Waals surface area (Å²) in [6.07, 6.45) is 14.2. The maximum Gasteiger partial charge on any atom is 0.0991 e. The minimum atomic E-state index is -0.237. The first-order chi connectivity index (χ1) is 64.8. The number of benzene rings is 18. The molecule has 0 aliphatic heterocycles. The highest BCUT2D eigenvalue weighted by Gasteiger charge is 2.63. The molecule has 634 valence electrons. The van der Waals surface area contributed by atoms with Crippen LogP contribution in [0.5, 0.6) is 0 Å². The maximum absolute atomic E-state index is 9.42. The second kappa shape index (κ2) is 29.4. The highest BCUT2D eigenvalue weighted by Crippen LogP contribution is 2.73. The van der Waals surface area contributed by atoms with E-state index in [1.54, 1.807) is 22.3 Å². The summed E-state index contributed by atoms with van der Waals surface area (Å²) in [6, 6.07) is 146. The van der Waals surface area contributed by atoms with E-state index >= 15 is 0 Å². The molecule has 8 saturated carbocycles. The summed E-state index contributed by atoms with van der Waals surface area (Å²) in [6.45, 7) is 9.75. The van der Waals surface area contributed by atoms with Gasteiger partial charge in [0.2, 0.25) is 0 Å². The van der Waals surface area contributed by atoms with E-state index in [1.165, 1.54) is 225 Å². The van der Waals surface area contributed by atoms with Crippen LogP contribution in [0.15, 0.2) is 382 Å². The molecule has 0 N–H and O–H groups in total. The van der Waals surface area contributed by atoms with Gasteiger partial charge >= 0.3 is 0 Å². The third-order valence-corrected chi connectivity index (χ3v) is 34.5. The van der Waals surface area contributed by atoms with Crippen molar-refractivity contribution in [1.29, 1.82) is 5.26 Å². The topological polar surface area (TPSA) is 30.3 Å². The minimum absolute atomic E-state index is 0.157. The van der Waals surface area contributed by atoms with E-state index in [4.69, 9.17) is 0 Å². The molecule has 18 aromatic rings. The lowest BCUT2D eigenvalue weighted by atomic mass is 9.43. The molecule has 0 atom stereocenters. The van der Waals surface area contributed by atoms with Gasteiger partial charge in [-0.2, -0.15) is 5.26 Å². The summed E-state index contributed by atoms with van der Waals surface area (Å²) >= 11 is 0. The van der Waals surface area contributed by atoms with Crippen LogP contribution in [0.2, 0.25) is 0 Å². The zero-order chi connectivity index (χ0) is 87.6. The quantitative estimate of drug-likeness (QED) is 0.121. The Balaban J connectivity index is 0.000000135. The summed E-state index contributed by atoms with van der Waals surface area (Å²) in [5, 5.41) is 17.0. The molecular weight excluding hydrogens is 1590 g/mol. The molecule has 2 spiro atoms. The average Bonchev–Trinajstić information content (AvgIpc) is 1.52. The second-order valence-electron chi connectivity index (χ2n) is 41.6. The number of fused-ring (bicyclic) bond motifs is 16. The highest BCUT2D eigenvalue weighted by atomic mass is 15.2. The minimum Gasteiger partial charge on any atom is -0.310 e. The van der Waals surface area contributed by atoms with E-state index in [2.05, 4.69) is 401 Å². The molecule has 0 amide bonds. The van der Waals surface area contributed by atoms with Crippen LogP contribution in [0.25, 0.3) is 132 Å². The Kier molecular flexibility index (Phi) is 17.3. The molecule has 18 aromatic carbocycles. The van der Waals surface area contributed by atoms with Crippen LogP contribution in [0.3, 0.4) is 0 Å². The Bertz CT molecular complexity index is 7790. The van der Waals surface area contributed by atoms with Gasteiger partial charge in [0.05, 0.1) is 28.7 Å². The van der Waals surface area contributed by atoms with Gasteiger partial charge < -0.3 is 9.80 Å². The summed E-state index contributed by atoms with van der Waals surface area (Å²) in [5.41, 5.74) is 43.0. The fourth-order valence-corrected chi connectivity index (χ4v) is 29.5. The van der Waals surface area contributed by atoms with Crippen LogP contribution >= 0.6 is 0 Å². The predicted molar refractivity (Wildman–Crippen MR) is 548 cm³/mol. The molecule has 12 aliphatic carbocycles. The summed E-state index contributed by atoms with van der Waals surface area (Å²) in [5.74, 6) is 6.74. The first kappa shape index (κ1) is 77.7. The van der Waals surface area contributed by atoms with Crippen molar-refractivity contribution in [2.75, 3.05) is 9.80 Å². The van der Waals surface area contributed by atoms with Crippen LogP contribution in [0.1, 0.15) is 142 Å². The van der Waals surface area contributed by atoms with Crippen molar-refractivity contribution < 1.29 is 0 Å². The van der Waals surface area contributed by atoms with Crippen molar-refractivity contribution in [1.82, 2.24) is 0 Å². The second-order valence-corrected chi connectivity index (χ2v) is 41.6. The molecule has 0 heterocycles. The van der Waals surface area contributed by atoms with Gasteiger partial charge in [0.15, 0.2) is 0 Å². The fraction of sp³-hybridized carbons (Fsp3) is 0.202. The van der Waals surface area contributed by atoms with Crippen molar-refractivity contribution in [3.05, 3.63) is 432 Å². The van der Waals surface area contributed by atoms with E-state index in [0.717, 1.165) is 75.5 Å². The SMILES string of the molecule is CC1(C)c2cccc(-c3ccc4c(c3)-c3ccccc3C43C4CC5CC(C4)CC3C5)c2-c2c(N(c3ccc(-c4cccc5ccccc45)cc3)c3cc4ccccc4c4ccccc34)cccc21.CC1(C)c2cccc(N(c3ccc(-c4ccccc4)cc3)c3ccc(-c4ccc(C#N)cc4)cc3)c2-c2cccc(-c3ccc4c(c3)-c3ccccc3C43C4CC5CC(C4)CC3C5)c21. The van der Waals surface area contributed by atoms with Crippen molar-refractivity contribution in [2.45, 2.75) is 114 Å². The molecule has 12 aliphatic rings. The number of rotatable bonds is 11. The van der Waals surface area contributed by atoms with E-state index in [1.807, 2.05) is 24.3 Å². The lowest BCUT2D eigenvalue weighted by molar-refractivity contribution is -0.0399. The van der Waals surface area contributed by atoms with Crippen LogP contribution in [0, 0.1) is 58.7 Å². The third-order valence-electron chi connectivity index (χ3n) is 34.5. The molecule has 0 radical (unpaired) electrons. The summed E-state index contributed by atoms with van der Waals surface area (Å²) < 4.78 is 0. The largest absolute Gasteiger partial charge is 0.310 e. The van der Waals surface area contributed by atoms with Crippen LogP contribution < -0.4 is 9.80 Å². The van der Waals surface area contributed by atoms with Gasteiger partial charge in [-0.25, -0.2) is 0 Å². The first-order valence-corrected chi connectivity index (χ1v) is 48.7. The molecule has 0 saturated heterocycles. The Labute approximate surface area is 775 Å². The number of nitrogens with zero attached hydrogens (tertiary/aromatic N) is 3. The molecular formula is C129H103N3. The molecule has 0 aromatic heterocycles. The molecule has 8 fully saturated rings. The van der Waals surface area contributed by atoms with Crippen molar-refractivity contribution in [2.24, 2.45) is 47.3 Å². The Morgan fingerprint density at radius 2 is 0.614 bits per heavy atom. The lowest BCUT2D eigenvalue weighted by Gasteiger charge is -2.61. The zero-order valence-electron chi connectivity index (χ0n) is 75.4. The van der Waals surface area contributed by atoms with Gasteiger partial charge in [-0.1, -0.05) is 331 Å². The van der Waals surface area contributed by atoms with E-state index < -0.39 is 0 Å². The van der Waals surface area contributed by atoms with Crippen LogP contribution in [-0.2, 0) is 21.7 Å². The van der Waals surface area contributed by atoms with Crippen molar-refractivity contribution in [3.8, 4) is 106 Å². The Hall–Kier alpha value is -14.2. The van der Waals surface area contributed by atoms with Gasteiger partial charge in [0.25, 0.3) is 0 Å². The number of hydrogen-bond donors (Lipinski definition) is 0. The molecule has 0 unspecified atom stereocenters. The first-order valence-electron chi connectivity index (χ1n) is 48.7. The molecule has 8 bridgehead atoms. The van der Waals surface area contributed by atoms with Gasteiger partial charge in [0, 0.05) is 55.2 Å².